The van der Waals surface area contributed by atoms with Crippen LogP contribution < -0.4 is 20.1 Å². The molecule has 160 valence electrons. The normalized spacial score (nSPS) is 10.5. The maximum Gasteiger partial charge on any atom is 0.241 e. The van der Waals surface area contributed by atoms with Crippen molar-refractivity contribution in [2.24, 2.45) is 0 Å². The minimum Gasteiger partial charge on any atom is -0.493 e. The lowest BCUT2D eigenvalue weighted by Crippen LogP contribution is -2.32. The minimum atomic E-state index is -1.16. The van der Waals surface area contributed by atoms with Crippen molar-refractivity contribution in [1.82, 2.24) is 0 Å². The second-order valence-electron chi connectivity index (χ2n) is 6.46. The highest BCUT2D eigenvalue weighted by Gasteiger charge is 2.30. The molecule has 0 spiro atoms. The standard InChI is InChI=1S/C23H20Cl2N2O4/c1-30-20-15(24)10-6-12-17(20)26-22(28)19(14-8-4-3-5-9-14)23(29)27-18-13-7-11-16(25)21(18)31-2/h3-13,19H,1-2H3,(H,26,28)(H,27,29). The van der Waals surface area contributed by atoms with E-state index in [1.54, 1.807) is 66.7 Å². The maximum absolute atomic E-state index is 13.2. The van der Waals surface area contributed by atoms with Crippen LogP contribution in [0, 0.1) is 0 Å². The van der Waals surface area contributed by atoms with Gasteiger partial charge in [-0.15, -0.1) is 0 Å². The molecule has 0 saturated heterocycles. The quantitative estimate of drug-likeness (QED) is 0.466. The molecule has 0 radical (unpaired) electrons. The van der Waals surface area contributed by atoms with E-state index in [1.165, 1.54) is 14.2 Å². The molecular weight excluding hydrogens is 439 g/mol. The number of rotatable bonds is 7. The van der Waals surface area contributed by atoms with E-state index in [0.717, 1.165) is 0 Å². The van der Waals surface area contributed by atoms with Crippen molar-refractivity contribution < 1.29 is 19.1 Å². The largest absolute Gasteiger partial charge is 0.493 e. The summed E-state index contributed by atoms with van der Waals surface area (Å²) in [6, 6.07) is 18.6. The number of carbonyl (C=O) groups is 2. The Bertz CT molecular complexity index is 1020. The van der Waals surface area contributed by atoms with E-state index in [9.17, 15) is 9.59 Å². The molecule has 0 atom stereocenters. The molecule has 0 unspecified atom stereocenters. The number of nitrogens with one attached hydrogen (secondary N) is 2. The first-order valence-electron chi connectivity index (χ1n) is 9.28. The summed E-state index contributed by atoms with van der Waals surface area (Å²) in [6.45, 7) is 0. The number of amides is 2. The SMILES string of the molecule is COc1c(Cl)cccc1NC(=O)C(C(=O)Nc1cccc(Cl)c1OC)c1ccccc1. The molecule has 31 heavy (non-hydrogen) atoms. The Morgan fingerprint density at radius 1 is 0.710 bits per heavy atom. The summed E-state index contributed by atoms with van der Waals surface area (Å²) in [5.41, 5.74) is 1.22. The van der Waals surface area contributed by atoms with Gasteiger partial charge in [0.25, 0.3) is 0 Å². The van der Waals surface area contributed by atoms with Crippen LogP contribution in [0.15, 0.2) is 66.7 Å². The van der Waals surface area contributed by atoms with Crippen LogP contribution in [0.1, 0.15) is 11.5 Å². The van der Waals surface area contributed by atoms with Gasteiger partial charge in [-0.05, 0) is 29.8 Å². The average Bonchev–Trinajstić information content (AvgIpc) is 2.75. The number of hydrogen-bond donors (Lipinski definition) is 2. The summed E-state index contributed by atoms with van der Waals surface area (Å²) >= 11 is 12.3. The van der Waals surface area contributed by atoms with Crippen molar-refractivity contribution >= 4 is 46.4 Å². The Labute approximate surface area is 190 Å². The monoisotopic (exact) mass is 458 g/mol. The summed E-state index contributed by atoms with van der Waals surface area (Å²) in [6.07, 6.45) is 0. The van der Waals surface area contributed by atoms with E-state index in [2.05, 4.69) is 10.6 Å². The molecule has 0 heterocycles. The first kappa shape index (κ1) is 22.5. The fourth-order valence-electron chi connectivity index (χ4n) is 3.11. The molecule has 3 rings (SSSR count). The van der Waals surface area contributed by atoms with Crippen LogP contribution >= 0.6 is 23.2 Å². The summed E-state index contributed by atoms with van der Waals surface area (Å²) in [5, 5.41) is 6.16. The van der Waals surface area contributed by atoms with Crippen LogP contribution in [-0.2, 0) is 9.59 Å². The third-order valence-electron chi connectivity index (χ3n) is 4.52. The van der Waals surface area contributed by atoms with Gasteiger partial charge in [0.15, 0.2) is 11.5 Å². The van der Waals surface area contributed by atoms with Gasteiger partial charge in [-0.2, -0.15) is 0 Å². The summed E-state index contributed by atoms with van der Waals surface area (Å²) in [5.74, 6) is -1.65. The summed E-state index contributed by atoms with van der Waals surface area (Å²) in [4.78, 5) is 26.4. The van der Waals surface area contributed by atoms with Crippen LogP contribution in [-0.4, -0.2) is 26.0 Å². The average molecular weight is 459 g/mol. The van der Waals surface area contributed by atoms with Gasteiger partial charge in [-0.1, -0.05) is 65.7 Å². The van der Waals surface area contributed by atoms with Crippen LogP contribution in [0.2, 0.25) is 10.0 Å². The molecule has 0 aliphatic rings. The highest BCUT2D eigenvalue weighted by molar-refractivity contribution is 6.33. The molecule has 2 N–H and O–H groups in total. The molecule has 0 aliphatic carbocycles. The third kappa shape index (κ3) is 5.10. The lowest BCUT2D eigenvalue weighted by Gasteiger charge is -2.19. The smallest absolute Gasteiger partial charge is 0.241 e. The predicted molar refractivity (Wildman–Crippen MR) is 122 cm³/mol. The minimum absolute atomic E-state index is 0.307. The molecule has 2 amide bonds. The van der Waals surface area contributed by atoms with Crippen LogP contribution in [0.4, 0.5) is 11.4 Å². The van der Waals surface area contributed by atoms with Gasteiger partial charge in [-0.3, -0.25) is 9.59 Å². The highest BCUT2D eigenvalue weighted by atomic mass is 35.5. The molecule has 0 aliphatic heterocycles. The van der Waals surface area contributed by atoms with Crippen LogP contribution in [0.5, 0.6) is 11.5 Å². The summed E-state index contributed by atoms with van der Waals surface area (Å²) in [7, 11) is 2.90. The van der Waals surface area contributed by atoms with Crippen LogP contribution in [0.3, 0.4) is 0 Å². The lowest BCUT2D eigenvalue weighted by molar-refractivity contribution is -0.126. The van der Waals surface area contributed by atoms with E-state index in [-0.39, 0.29) is 0 Å². The second kappa shape index (κ2) is 10.2. The van der Waals surface area contributed by atoms with Crippen molar-refractivity contribution in [2.75, 3.05) is 24.9 Å². The Hall–Kier alpha value is -3.22. The topological polar surface area (TPSA) is 76.7 Å². The molecule has 8 heteroatoms. The molecule has 0 fully saturated rings. The van der Waals surface area contributed by atoms with E-state index in [1.807, 2.05) is 0 Å². The molecule has 3 aromatic rings. The number of methoxy groups -OCH3 is 2. The van der Waals surface area contributed by atoms with Crippen molar-refractivity contribution in [3.63, 3.8) is 0 Å². The van der Waals surface area contributed by atoms with Gasteiger partial charge < -0.3 is 20.1 Å². The van der Waals surface area contributed by atoms with E-state index in [4.69, 9.17) is 32.7 Å². The van der Waals surface area contributed by atoms with Gasteiger partial charge in [0, 0.05) is 0 Å². The second-order valence-corrected chi connectivity index (χ2v) is 7.28. The molecule has 6 nitrogen and oxygen atoms in total. The Kier molecular flexibility index (Phi) is 7.39. The first-order chi connectivity index (χ1) is 15.0. The van der Waals surface area contributed by atoms with Crippen molar-refractivity contribution in [3.8, 4) is 11.5 Å². The van der Waals surface area contributed by atoms with E-state index in [0.29, 0.717) is 38.5 Å². The van der Waals surface area contributed by atoms with Crippen molar-refractivity contribution in [2.45, 2.75) is 5.92 Å². The van der Waals surface area contributed by atoms with E-state index < -0.39 is 17.7 Å². The number of para-hydroxylation sites is 2. The zero-order chi connectivity index (χ0) is 22.4. The molecule has 0 aromatic heterocycles. The first-order valence-corrected chi connectivity index (χ1v) is 10.0. The predicted octanol–water partition coefficient (Wildman–Crippen LogP) is 5.37. The van der Waals surface area contributed by atoms with E-state index >= 15 is 0 Å². The number of anilines is 2. The van der Waals surface area contributed by atoms with Gasteiger partial charge in [0.1, 0.15) is 5.92 Å². The van der Waals surface area contributed by atoms with Crippen LogP contribution in [0.25, 0.3) is 0 Å². The highest BCUT2D eigenvalue weighted by Crippen LogP contribution is 2.35. The van der Waals surface area contributed by atoms with Crippen molar-refractivity contribution in [3.05, 3.63) is 82.3 Å². The number of hydrogen-bond acceptors (Lipinski definition) is 4. The zero-order valence-electron chi connectivity index (χ0n) is 16.8. The fraction of sp³-hybridized carbons (Fsp3) is 0.130. The fourth-order valence-corrected chi connectivity index (χ4v) is 3.61. The van der Waals surface area contributed by atoms with Crippen molar-refractivity contribution in [1.29, 1.82) is 0 Å². The number of carbonyl (C=O) groups excluding carboxylic acids is 2. The summed E-state index contributed by atoms with van der Waals surface area (Å²) < 4.78 is 10.6. The van der Waals surface area contributed by atoms with Gasteiger partial charge in [0.2, 0.25) is 11.8 Å². The molecule has 0 bridgehead atoms. The Morgan fingerprint density at radius 3 is 1.58 bits per heavy atom. The lowest BCUT2D eigenvalue weighted by atomic mass is 9.96. The third-order valence-corrected chi connectivity index (χ3v) is 5.11. The molecule has 3 aromatic carbocycles. The number of benzene rings is 3. The molecule has 0 saturated carbocycles. The Morgan fingerprint density at radius 2 is 1.16 bits per heavy atom. The molecular formula is C23H20Cl2N2O4. The maximum atomic E-state index is 13.2. The number of halogens is 2. The van der Waals surface area contributed by atoms with Gasteiger partial charge >= 0.3 is 0 Å². The Balaban J connectivity index is 1.94. The zero-order valence-corrected chi connectivity index (χ0v) is 18.3. The van der Waals surface area contributed by atoms with Gasteiger partial charge in [0.05, 0.1) is 35.6 Å². The number of ether oxygens (including phenoxy) is 2. The van der Waals surface area contributed by atoms with Gasteiger partial charge in [-0.25, -0.2) is 0 Å².